The average molecular weight is 238 g/mol. The standard InChI is InChI=1S/C12H15FN2O2/c13-9-3-1-4-10(7-9)15-12(11(14)16)5-2-6-17-8-12/h1,3-4,7,15H,2,5-6,8H2,(H2,14,16). The summed E-state index contributed by atoms with van der Waals surface area (Å²) in [7, 11) is 0. The van der Waals surface area contributed by atoms with Crippen molar-refractivity contribution in [3.05, 3.63) is 30.1 Å². The van der Waals surface area contributed by atoms with E-state index < -0.39 is 11.4 Å². The molecule has 1 unspecified atom stereocenters. The molecule has 92 valence electrons. The molecule has 0 radical (unpaired) electrons. The second kappa shape index (κ2) is 4.71. The maximum Gasteiger partial charge on any atom is 0.245 e. The van der Waals surface area contributed by atoms with Gasteiger partial charge in [-0.3, -0.25) is 4.79 Å². The molecule has 0 aliphatic carbocycles. The Hall–Kier alpha value is -1.62. The molecule has 1 heterocycles. The molecule has 1 aliphatic heterocycles. The Morgan fingerprint density at radius 3 is 2.94 bits per heavy atom. The number of carbonyl (C=O) groups is 1. The predicted octanol–water partition coefficient (Wildman–Crippen LogP) is 1.27. The van der Waals surface area contributed by atoms with Crippen LogP contribution in [0, 0.1) is 5.82 Å². The predicted molar refractivity (Wildman–Crippen MR) is 62.0 cm³/mol. The Balaban J connectivity index is 2.20. The third-order valence-electron chi connectivity index (χ3n) is 2.92. The summed E-state index contributed by atoms with van der Waals surface area (Å²) in [4.78, 5) is 11.6. The van der Waals surface area contributed by atoms with Crippen LogP contribution in [0.15, 0.2) is 24.3 Å². The molecule has 17 heavy (non-hydrogen) atoms. The van der Waals surface area contributed by atoms with Gasteiger partial charge in [0.1, 0.15) is 11.4 Å². The van der Waals surface area contributed by atoms with E-state index in [1.165, 1.54) is 12.1 Å². The fourth-order valence-electron chi connectivity index (χ4n) is 1.99. The number of amides is 1. The zero-order chi connectivity index (χ0) is 12.3. The molecule has 5 heteroatoms. The first-order valence-electron chi connectivity index (χ1n) is 5.54. The molecule has 1 aliphatic rings. The van der Waals surface area contributed by atoms with Crippen molar-refractivity contribution < 1.29 is 13.9 Å². The van der Waals surface area contributed by atoms with Gasteiger partial charge in [-0.15, -0.1) is 0 Å². The molecule has 1 fully saturated rings. The van der Waals surface area contributed by atoms with Crippen molar-refractivity contribution in [2.75, 3.05) is 18.5 Å². The molecule has 1 aromatic rings. The van der Waals surface area contributed by atoms with Gasteiger partial charge in [-0.25, -0.2) is 4.39 Å². The van der Waals surface area contributed by atoms with Crippen molar-refractivity contribution >= 4 is 11.6 Å². The first-order valence-corrected chi connectivity index (χ1v) is 5.54. The minimum Gasteiger partial charge on any atom is -0.378 e. The number of carbonyl (C=O) groups excluding carboxylic acids is 1. The van der Waals surface area contributed by atoms with Gasteiger partial charge >= 0.3 is 0 Å². The van der Waals surface area contributed by atoms with Crippen molar-refractivity contribution in [2.45, 2.75) is 18.4 Å². The van der Waals surface area contributed by atoms with E-state index in [1.807, 2.05) is 0 Å². The molecule has 0 saturated carbocycles. The summed E-state index contributed by atoms with van der Waals surface area (Å²) in [6.07, 6.45) is 1.35. The number of nitrogens with one attached hydrogen (secondary N) is 1. The first kappa shape index (κ1) is 11.9. The number of primary amides is 1. The maximum atomic E-state index is 13.1. The molecule has 3 N–H and O–H groups in total. The summed E-state index contributed by atoms with van der Waals surface area (Å²) in [5, 5.41) is 3.00. The lowest BCUT2D eigenvalue weighted by Gasteiger charge is -2.35. The molecule has 1 amide bonds. The van der Waals surface area contributed by atoms with E-state index in [2.05, 4.69) is 5.32 Å². The second-order valence-electron chi connectivity index (χ2n) is 4.24. The molecule has 1 aromatic carbocycles. The minimum absolute atomic E-state index is 0.221. The third-order valence-corrected chi connectivity index (χ3v) is 2.92. The van der Waals surface area contributed by atoms with Gasteiger partial charge in [0, 0.05) is 12.3 Å². The van der Waals surface area contributed by atoms with Gasteiger partial charge in [0.2, 0.25) is 5.91 Å². The Morgan fingerprint density at radius 1 is 1.53 bits per heavy atom. The van der Waals surface area contributed by atoms with E-state index in [0.717, 1.165) is 6.42 Å². The molecule has 1 atom stereocenters. The fraction of sp³-hybridized carbons (Fsp3) is 0.417. The van der Waals surface area contributed by atoms with Crippen LogP contribution in [0.5, 0.6) is 0 Å². The van der Waals surface area contributed by atoms with E-state index in [9.17, 15) is 9.18 Å². The SMILES string of the molecule is NC(=O)C1(Nc2cccc(F)c2)CCCOC1. The van der Waals surface area contributed by atoms with Gasteiger partial charge in [0.15, 0.2) is 0 Å². The molecular formula is C12H15FN2O2. The summed E-state index contributed by atoms with van der Waals surface area (Å²) in [5.41, 5.74) is 5.02. The second-order valence-corrected chi connectivity index (χ2v) is 4.24. The molecule has 0 spiro atoms. The highest BCUT2D eigenvalue weighted by molar-refractivity contribution is 5.88. The van der Waals surface area contributed by atoms with E-state index in [1.54, 1.807) is 12.1 Å². The van der Waals surface area contributed by atoms with E-state index in [-0.39, 0.29) is 12.4 Å². The van der Waals surface area contributed by atoms with Crippen LogP contribution in [-0.2, 0) is 9.53 Å². The summed E-state index contributed by atoms with van der Waals surface area (Å²) in [5.74, 6) is -0.826. The Labute approximate surface area is 98.9 Å². The number of nitrogens with two attached hydrogens (primary N) is 1. The van der Waals surface area contributed by atoms with Crippen LogP contribution >= 0.6 is 0 Å². The lowest BCUT2D eigenvalue weighted by Crippen LogP contribution is -2.56. The van der Waals surface area contributed by atoms with Gasteiger partial charge in [-0.1, -0.05) is 6.07 Å². The van der Waals surface area contributed by atoms with Gasteiger partial charge in [-0.05, 0) is 31.0 Å². The first-order chi connectivity index (χ1) is 8.12. The molecular weight excluding hydrogens is 223 g/mol. The molecule has 0 bridgehead atoms. The van der Waals surface area contributed by atoms with Gasteiger partial charge in [-0.2, -0.15) is 0 Å². The molecule has 1 saturated heterocycles. The van der Waals surface area contributed by atoms with Gasteiger partial charge in [0.25, 0.3) is 0 Å². The van der Waals surface area contributed by atoms with Crippen LogP contribution < -0.4 is 11.1 Å². The number of ether oxygens (including phenoxy) is 1. The van der Waals surface area contributed by atoms with Crippen LogP contribution in [0.4, 0.5) is 10.1 Å². The monoisotopic (exact) mass is 238 g/mol. The molecule has 4 nitrogen and oxygen atoms in total. The summed E-state index contributed by atoms with van der Waals surface area (Å²) >= 11 is 0. The zero-order valence-electron chi connectivity index (χ0n) is 9.41. The number of benzene rings is 1. The maximum absolute atomic E-state index is 13.1. The zero-order valence-corrected chi connectivity index (χ0v) is 9.41. The number of rotatable bonds is 3. The van der Waals surface area contributed by atoms with Crippen LogP contribution in [0.25, 0.3) is 0 Å². The highest BCUT2D eigenvalue weighted by Gasteiger charge is 2.38. The van der Waals surface area contributed by atoms with Crippen molar-refractivity contribution in [1.29, 1.82) is 0 Å². The number of hydrogen-bond donors (Lipinski definition) is 2. The number of anilines is 1. The number of halogens is 1. The van der Waals surface area contributed by atoms with Crippen LogP contribution in [0.3, 0.4) is 0 Å². The summed E-state index contributed by atoms with van der Waals surface area (Å²) in [6, 6.07) is 5.96. The van der Waals surface area contributed by atoms with E-state index in [4.69, 9.17) is 10.5 Å². The Morgan fingerprint density at radius 2 is 2.35 bits per heavy atom. The quantitative estimate of drug-likeness (QED) is 0.833. The topological polar surface area (TPSA) is 64.4 Å². The lowest BCUT2D eigenvalue weighted by molar-refractivity contribution is -0.126. The molecule has 2 rings (SSSR count). The number of hydrogen-bond acceptors (Lipinski definition) is 3. The van der Waals surface area contributed by atoms with Gasteiger partial charge < -0.3 is 15.8 Å². The smallest absolute Gasteiger partial charge is 0.245 e. The van der Waals surface area contributed by atoms with Crippen LogP contribution in [0.2, 0.25) is 0 Å². The Bertz CT molecular complexity index is 417. The van der Waals surface area contributed by atoms with Crippen LogP contribution in [-0.4, -0.2) is 24.7 Å². The molecule has 0 aromatic heterocycles. The third kappa shape index (κ3) is 2.55. The normalized spacial score (nSPS) is 24.3. The van der Waals surface area contributed by atoms with E-state index in [0.29, 0.717) is 18.7 Å². The Kier molecular flexibility index (Phi) is 3.28. The van der Waals surface area contributed by atoms with Crippen molar-refractivity contribution in [3.63, 3.8) is 0 Å². The van der Waals surface area contributed by atoms with Crippen molar-refractivity contribution in [1.82, 2.24) is 0 Å². The van der Waals surface area contributed by atoms with Crippen molar-refractivity contribution in [2.24, 2.45) is 5.73 Å². The minimum atomic E-state index is -0.925. The fourth-order valence-corrected chi connectivity index (χ4v) is 1.99. The van der Waals surface area contributed by atoms with Gasteiger partial charge in [0.05, 0.1) is 6.61 Å². The summed E-state index contributed by atoms with van der Waals surface area (Å²) in [6.45, 7) is 0.846. The van der Waals surface area contributed by atoms with E-state index >= 15 is 0 Å². The average Bonchev–Trinajstić information content (AvgIpc) is 2.30. The lowest BCUT2D eigenvalue weighted by atomic mass is 9.91. The van der Waals surface area contributed by atoms with Crippen LogP contribution in [0.1, 0.15) is 12.8 Å². The van der Waals surface area contributed by atoms with Crippen molar-refractivity contribution in [3.8, 4) is 0 Å². The summed E-state index contributed by atoms with van der Waals surface area (Å²) < 4.78 is 18.4. The highest BCUT2D eigenvalue weighted by Crippen LogP contribution is 2.24. The highest BCUT2D eigenvalue weighted by atomic mass is 19.1. The largest absolute Gasteiger partial charge is 0.378 e.